The van der Waals surface area contributed by atoms with Gasteiger partial charge in [-0.25, -0.2) is 14.6 Å². The number of rotatable bonds is 8. The van der Waals surface area contributed by atoms with Crippen LogP contribution in [0.3, 0.4) is 0 Å². The summed E-state index contributed by atoms with van der Waals surface area (Å²) in [7, 11) is 3.23. The first kappa shape index (κ1) is 25.7. The zero-order valence-electron chi connectivity index (χ0n) is 21.8. The number of pyridine rings is 1. The molecule has 1 saturated heterocycles. The Morgan fingerprint density at radius 3 is 2.00 bits per heavy atom. The Morgan fingerprint density at radius 2 is 1.46 bits per heavy atom. The van der Waals surface area contributed by atoms with Gasteiger partial charge in [-0.15, -0.1) is 5.10 Å². The van der Waals surface area contributed by atoms with E-state index in [0.29, 0.717) is 43.4 Å². The molecule has 2 aromatic heterocycles. The highest BCUT2D eigenvalue weighted by atomic mass is 16.5. The van der Waals surface area contributed by atoms with E-state index >= 15 is 0 Å². The highest BCUT2D eigenvalue weighted by molar-refractivity contribution is 5.92. The van der Waals surface area contributed by atoms with E-state index < -0.39 is 5.91 Å². The van der Waals surface area contributed by atoms with E-state index in [9.17, 15) is 9.59 Å². The third kappa shape index (κ3) is 5.66. The monoisotopic (exact) mass is 527 g/mol. The molecule has 3 heterocycles. The van der Waals surface area contributed by atoms with Crippen molar-refractivity contribution in [2.24, 2.45) is 5.73 Å². The van der Waals surface area contributed by atoms with Crippen molar-refractivity contribution in [1.82, 2.24) is 24.6 Å². The minimum Gasteiger partial charge on any atom is -0.497 e. The summed E-state index contributed by atoms with van der Waals surface area (Å²) in [4.78, 5) is 37.7. The minimum absolute atomic E-state index is 0.0485. The largest absolute Gasteiger partial charge is 0.497 e. The third-order valence-corrected chi connectivity index (χ3v) is 6.64. The summed E-state index contributed by atoms with van der Waals surface area (Å²) in [6.45, 7) is 2.37. The van der Waals surface area contributed by atoms with Crippen LogP contribution in [0.15, 0.2) is 66.9 Å². The number of hydrogen-bond acceptors (Lipinski definition) is 8. The van der Waals surface area contributed by atoms with Gasteiger partial charge in [0.1, 0.15) is 23.9 Å². The quantitative estimate of drug-likeness (QED) is 0.370. The van der Waals surface area contributed by atoms with Crippen molar-refractivity contribution in [3.8, 4) is 34.3 Å². The van der Waals surface area contributed by atoms with Gasteiger partial charge in [0.2, 0.25) is 11.8 Å². The molecule has 11 heteroatoms. The SMILES string of the molecule is COc1ccc(-c2nc(-c3ccc(OC)cc3)n(CC(=O)N3CCN(c4ccc(C(N)=O)cn4)CC3)n2)cc1. The van der Waals surface area contributed by atoms with E-state index in [-0.39, 0.29) is 12.5 Å². The molecule has 2 N–H and O–H groups in total. The Hall–Kier alpha value is -4.93. The number of methoxy groups -OCH3 is 2. The second-order valence-corrected chi connectivity index (χ2v) is 9.01. The molecule has 4 aromatic rings. The second-order valence-electron chi connectivity index (χ2n) is 9.01. The number of benzene rings is 2. The first-order valence-corrected chi connectivity index (χ1v) is 12.5. The molecule has 1 aliphatic heterocycles. The Morgan fingerprint density at radius 1 is 0.846 bits per heavy atom. The number of primary amides is 1. The summed E-state index contributed by atoms with van der Waals surface area (Å²) in [6, 6.07) is 18.4. The lowest BCUT2D eigenvalue weighted by molar-refractivity contribution is -0.132. The number of ether oxygens (including phenoxy) is 2. The summed E-state index contributed by atoms with van der Waals surface area (Å²) in [5.41, 5.74) is 7.31. The third-order valence-electron chi connectivity index (χ3n) is 6.64. The lowest BCUT2D eigenvalue weighted by atomic mass is 10.2. The molecule has 0 bridgehead atoms. The van der Waals surface area contributed by atoms with Crippen LogP contribution >= 0.6 is 0 Å². The first-order valence-electron chi connectivity index (χ1n) is 12.5. The molecule has 0 radical (unpaired) electrons. The molecule has 39 heavy (non-hydrogen) atoms. The molecular weight excluding hydrogens is 498 g/mol. The maximum absolute atomic E-state index is 13.4. The van der Waals surface area contributed by atoms with Crippen LogP contribution in [-0.4, -0.2) is 76.9 Å². The molecule has 0 saturated carbocycles. The Kier molecular flexibility index (Phi) is 7.39. The first-order chi connectivity index (χ1) is 18.9. The number of nitrogens with zero attached hydrogens (tertiary/aromatic N) is 6. The summed E-state index contributed by atoms with van der Waals surface area (Å²) in [5.74, 6) is 2.76. The number of aromatic nitrogens is 4. The lowest BCUT2D eigenvalue weighted by Gasteiger charge is -2.35. The number of anilines is 1. The van der Waals surface area contributed by atoms with Crippen LogP contribution in [0.5, 0.6) is 11.5 Å². The van der Waals surface area contributed by atoms with Crippen LogP contribution in [0, 0.1) is 0 Å². The van der Waals surface area contributed by atoms with Gasteiger partial charge in [-0.3, -0.25) is 9.59 Å². The number of amides is 2. The predicted molar refractivity (Wildman–Crippen MR) is 146 cm³/mol. The summed E-state index contributed by atoms with van der Waals surface area (Å²) < 4.78 is 12.2. The fourth-order valence-electron chi connectivity index (χ4n) is 4.40. The van der Waals surface area contributed by atoms with Crippen LogP contribution in [0.2, 0.25) is 0 Å². The molecule has 2 aromatic carbocycles. The van der Waals surface area contributed by atoms with Crippen LogP contribution in [0.25, 0.3) is 22.8 Å². The van der Waals surface area contributed by atoms with Crippen molar-refractivity contribution in [1.29, 1.82) is 0 Å². The molecule has 200 valence electrons. The maximum Gasteiger partial charge on any atom is 0.250 e. The van der Waals surface area contributed by atoms with E-state index in [4.69, 9.17) is 25.3 Å². The summed E-state index contributed by atoms with van der Waals surface area (Å²) in [5, 5.41) is 4.70. The van der Waals surface area contributed by atoms with Gasteiger partial charge < -0.3 is 25.0 Å². The number of carbonyl (C=O) groups excluding carboxylic acids is 2. The smallest absolute Gasteiger partial charge is 0.250 e. The van der Waals surface area contributed by atoms with Crippen LogP contribution in [-0.2, 0) is 11.3 Å². The summed E-state index contributed by atoms with van der Waals surface area (Å²) in [6.07, 6.45) is 1.47. The van der Waals surface area contributed by atoms with Crippen LogP contribution in [0.1, 0.15) is 10.4 Å². The molecule has 2 amide bonds. The molecule has 0 aliphatic carbocycles. The van der Waals surface area contributed by atoms with Gasteiger partial charge in [0.15, 0.2) is 11.6 Å². The highest BCUT2D eigenvalue weighted by Gasteiger charge is 2.24. The van der Waals surface area contributed by atoms with E-state index in [2.05, 4.69) is 9.88 Å². The van der Waals surface area contributed by atoms with E-state index in [0.717, 1.165) is 28.4 Å². The van der Waals surface area contributed by atoms with Gasteiger partial charge in [0.05, 0.1) is 19.8 Å². The number of carbonyl (C=O) groups is 2. The van der Waals surface area contributed by atoms with Crippen LogP contribution in [0.4, 0.5) is 5.82 Å². The average Bonchev–Trinajstić information content (AvgIpc) is 3.41. The predicted octanol–water partition coefficient (Wildman–Crippen LogP) is 2.47. The molecule has 0 unspecified atom stereocenters. The molecule has 11 nitrogen and oxygen atoms in total. The zero-order chi connectivity index (χ0) is 27.4. The summed E-state index contributed by atoms with van der Waals surface area (Å²) >= 11 is 0. The van der Waals surface area contributed by atoms with Crippen molar-refractivity contribution in [2.45, 2.75) is 6.54 Å². The van der Waals surface area contributed by atoms with Gasteiger partial charge in [0, 0.05) is 43.5 Å². The fraction of sp³-hybridized carbons (Fsp3) is 0.250. The normalized spacial score (nSPS) is 13.3. The van der Waals surface area contributed by atoms with E-state index in [1.807, 2.05) is 53.4 Å². The van der Waals surface area contributed by atoms with E-state index in [1.165, 1.54) is 6.20 Å². The number of piperazine rings is 1. The van der Waals surface area contributed by atoms with E-state index in [1.54, 1.807) is 31.0 Å². The Bertz CT molecular complexity index is 1440. The zero-order valence-corrected chi connectivity index (χ0v) is 21.8. The van der Waals surface area contributed by atoms with Crippen molar-refractivity contribution in [3.63, 3.8) is 0 Å². The molecule has 1 aliphatic rings. The van der Waals surface area contributed by atoms with Gasteiger partial charge in [-0.1, -0.05) is 0 Å². The fourth-order valence-corrected chi connectivity index (χ4v) is 4.40. The van der Waals surface area contributed by atoms with Crippen molar-refractivity contribution < 1.29 is 19.1 Å². The van der Waals surface area contributed by atoms with Crippen molar-refractivity contribution >= 4 is 17.6 Å². The Labute approximate surface area is 225 Å². The van der Waals surface area contributed by atoms with Crippen molar-refractivity contribution in [3.05, 3.63) is 72.4 Å². The minimum atomic E-state index is -0.512. The van der Waals surface area contributed by atoms with Crippen LogP contribution < -0.4 is 20.1 Å². The molecule has 1 fully saturated rings. The lowest BCUT2D eigenvalue weighted by Crippen LogP contribution is -2.50. The molecule has 0 spiro atoms. The number of hydrogen-bond donors (Lipinski definition) is 1. The van der Waals surface area contributed by atoms with Crippen molar-refractivity contribution in [2.75, 3.05) is 45.3 Å². The standard InChI is InChI=1S/C28H29N7O4/c1-38-22-8-3-19(4-9-22)27-31-28(20-5-10-23(39-2)11-6-20)35(32-27)18-25(36)34-15-13-33(14-16-34)24-12-7-21(17-30-24)26(29)37/h3-12,17H,13-16,18H2,1-2H3,(H2,29,37). The Balaban J connectivity index is 1.33. The van der Waals surface area contributed by atoms with Gasteiger partial charge >= 0.3 is 0 Å². The van der Waals surface area contributed by atoms with Gasteiger partial charge in [-0.05, 0) is 60.7 Å². The molecule has 5 rings (SSSR count). The molecule has 0 atom stereocenters. The second kappa shape index (κ2) is 11.2. The topological polar surface area (TPSA) is 129 Å². The number of nitrogens with two attached hydrogens (primary N) is 1. The maximum atomic E-state index is 13.4. The van der Waals surface area contributed by atoms with Gasteiger partial charge in [-0.2, -0.15) is 0 Å². The highest BCUT2D eigenvalue weighted by Crippen LogP contribution is 2.26. The average molecular weight is 528 g/mol. The van der Waals surface area contributed by atoms with Gasteiger partial charge in [0.25, 0.3) is 0 Å². The molecular formula is C28H29N7O4.